The number of carbonyl (C=O) groups is 2. The number of nitrogens with one attached hydrogen (secondary N) is 1. The van der Waals surface area contributed by atoms with Gasteiger partial charge in [-0.1, -0.05) is 68.4 Å². The molecule has 36 heavy (non-hydrogen) atoms. The number of carbonyl (C=O) groups excluding carboxylic acids is 1. The molecule has 0 aliphatic heterocycles. The molecule has 0 saturated carbocycles. The second-order valence-electron chi connectivity index (χ2n) is 9.25. The molecule has 1 aliphatic carbocycles. The summed E-state index contributed by atoms with van der Waals surface area (Å²) in [6.45, 7) is 4.75. The lowest BCUT2D eigenvalue weighted by Crippen LogP contribution is -2.42. The number of benzene rings is 3. The van der Waals surface area contributed by atoms with Gasteiger partial charge in [0.1, 0.15) is 12.6 Å². The van der Waals surface area contributed by atoms with Crippen LogP contribution in [0.4, 0.5) is 4.79 Å². The van der Waals surface area contributed by atoms with Gasteiger partial charge in [-0.2, -0.15) is 0 Å². The molecule has 7 heteroatoms. The molecule has 1 unspecified atom stereocenters. The third-order valence-corrected chi connectivity index (χ3v) is 6.17. The average molecular weight is 490 g/mol. The zero-order chi connectivity index (χ0) is 25.7. The Labute approximate surface area is 211 Å². The second kappa shape index (κ2) is 11.2. The zero-order valence-corrected chi connectivity index (χ0v) is 20.7. The number of carboxylic acid groups (broad SMARTS) is 1. The molecule has 3 aromatic carbocycles. The first-order valence-corrected chi connectivity index (χ1v) is 12.0. The van der Waals surface area contributed by atoms with Crippen LogP contribution in [-0.4, -0.2) is 43.5 Å². The van der Waals surface area contributed by atoms with Crippen molar-refractivity contribution < 1.29 is 28.9 Å². The highest BCUT2D eigenvalue weighted by molar-refractivity contribution is 5.81. The van der Waals surface area contributed by atoms with E-state index in [1.165, 1.54) is 7.11 Å². The summed E-state index contributed by atoms with van der Waals surface area (Å²) in [5.41, 5.74) is 5.12. The molecule has 1 amide bonds. The fraction of sp³-hybridized carbons (Fsp3) is 0.310. The highest BCUT2D eigenvalue weighted by atomic mass is 16.5. The molecule has 3 aromatic rings. The molecule has 1 atom stereocenters. The van der Waals surface area contributed by atoms with E-state index in [-0.39, 0.29) is 18.9 Å². The fourth-order valence-electron chi connectivity index (χ4n) is 4.43. The van der Waals surface area contributed by atoms with Gasteiger partial charge in [-0.15, -0.1) is 0 Å². The lowest BCUT2D eigenvalue weighted by atomic mass is 9.98. The third kappa shape index (κ3) is 5.62. The maximum absolute atomic E-state index is 12.6. The molecule has 0 spiro atoms. The maximum Gasteiger partial charge on any atom is 0.407 e. The molecule has 4 rings (SSSR count). The SMILES string of the molecule is COc1cc(CC(NC(=O)OCC2c3ccccc3-c3ccccc32)C(=O)O)ccc1OCC(C)C. The number of fused-ring (bicyclic) bond motifs is 3. The van der Waals surface area contributed by atoms with Crippen LogP contribution in [0.5, 0.6) is 11.5 Å². The molecule has 0 aromatic heterocycles. The second-order valence-corrected chi connectivity index (χ2v) is 9.25. The quantitative estimate of drug-likeness (QED) is 0.403. The van der Waals surface area contributed by atoms with E-state index < -0.39 is 18.1 Å². The molecule has 0 bridgehead atoms. The number of alkyl carbamates (subject to hydrolysis) is 1. The molecule has 0 saturated heterocycles. The van der Waals surface area contributed by atoms with E-state index in [4.69, 9.17) is 14.2 Å². The predicted octanol–water partition coefficient (Wildman–Crippen LogP) is 5.26. The van der Waals surface area contributed by atoms with Gasteiger partial charge in [0.2, 0.25) is 0 Å². The fourth-order valence-corrected chi connectivity index (χ4v) is 4.43. The summed E-state index contributed by atoms with van der Waals surface area (Å²) >= 11 is 0. The number of carboxylic acids is 1. The number of hydrogen-bond acceptors (Lipinski definition) is 5. The normalized spacial score (nSPS) is 13.0. The van der Waals surface area contributed by atoms with E-state index in [0.29, 0.717) is 29.6 Å². The number of aliphatic carboxylic acids is 1. The summed E-state index contributed by atoms with van der Waals surface area (Å²) in [7, 11) is 1.53. The van der Waals surface area contributed by atoms with Crippen molar-refractivity contribution in [2.75, 3.05) is 20.3 Å². The molecule has 1 aliphatic rings. The summed E-state index contributed by atoms with van der Waals surface area (Å²) in [6, 6.07) is 20.2. The van der Waals surface area contributed by atoms with Crippen LogP contribution in [0, 0.1) is 5.92 Å². The summed E-state index contributed by atoms with van der Waals surface area (Å²) in [5.74, 6) is 0.202. The predicted molar refractivity (Wildman–Crippen MR) is 137 cm³/mol. The summed E-state index contributed by atoms with van der Waals surface area (Å²) < 4.78 is 16.7. The van der Waals surface area contributed by atoms with Gasteiger partial charge in [-0.05, 0) is 45.9 Å². The Morgan fingerprint density at radius 2 is 1.58 bits per heavy atom. The number of hydrogen-bond donors (Lipinski definition) is 2. The van der Waals surface area contributed by atoms with Gasteiger partial charge in [0.25, 0.3) is 0 Å². The van der Waals surface area contributed by atoms with Gasteiger partial charge < -0.3 is 24.6 Å². The van der Waals surface area contributed by atoms with E-state index in [9.17, 15) is 14.7 Å². The van der Waals surface area contributed by atoms with Crippen LogP contribution >= 0.6 is 0 Å². The number of ether oxygens (including phenoxy) is 3. The van der Waals surface area contributed by atoms with Crippen LogP contribution in [0.2, 0.25) is 0 Å². The van der Waals surface area contributed by atoms with Crippen molar-refractivity contribution in [2.45, 2.75) is 32.2 Å². The van der Waals surface area contributed by atoms with E-state index >= 15 is 0 Å². The van der Waals surface area contributed by atoms with Crippen molar-refractivity contribution in [3.8, 4) is 22.6 Å². The number of rotatable bonds is 10. The van der Waals surface area contributed by atoms with Crippen LogP contribution in [0.1, 0.15) is 36.5 Å². The van der Waals surface area contributed by atoms with Gasteiger partial charge in [0.05, 0.1) is 13.7 Å². The molecule has 7 nitrogen and oxygen atoms in total. The zero-order valence-electron chi connectivity index (χ0n) is 20.7. The Morgan fingerprint density at radius 3 is 2.17 bits per heavy atom. The van der Waals surface area contributed by atoms with Crippen molar-refractivity contribution in [1.29, 1.82) is 0 Å². The molecule has 2 N–H and O–H groups in total. The molecule has 0 radical (unpaired) electrons. The Bertz CT molecular complexity index is 1190. The van der Waals surface area contributed by atoms with E-state index in [0.717, 1.165) is 22.3 Å². The lowest BCUT2D eigenvalue weighted by Gasteiger charge is -2.18. The smallest absolute Gasteiger partial charge is 0.407 e. The van der Waals surface area contributed by atoms with Crippen molar-refractivity contribution in [2.24, 2.45) is 5.92 Å². The van der Waals surface area contributed by atoms with E-state index in [1.54, 1.807) is 18.2 Å². The topological polar surface area (TPSA) is 94.1 Å². The Morgan fingerprint density at radius 1 is 0.944 bits per heavy atom. The van der Waals surface area contributed by atoms with Crippen LogP contribution in [0.15, 0.2) is 66.7 Å². The van der Waals surface area contributed by atoms with Gasteiger partial charge in [-0.3, -0.25) is 0 Å². The summed E-state index contributed by atoms with van der Waals surface area (Å²) in [4.78, 5) is 24.5. The van der Waals surface area contributed by atoms with E-state index in [1.807, 2.05) is 50.2 Å². The Kier molecular flexibility index (Phi) is 7.78. The van der Waals surface area contributed by atoms with Crippen molar-refractivity contribution in [1.82, 2.24) is 5.32 Å². The van der Waals surface area contributed by atoms with Gasteiger partial charge in [-0.25, -0.2) is 9.59 Å². The summed E-state index contributed by atoms with van der Waals surface area (Å²) in [5, 5.41) is 12.2. The first kappa shape index (κ1) is 25.1. The maximum atomic E-state index is 12.6. The number of amides is 1. The minimum absolute atomic E-state index is 0.0698. The standard InChI is InChI=1S/C29H31NO6/c1-18(2)16-35-26-13-12-19(15-27(26)34-3)14-25(28(31)32)30-29(33)36-17-24-22-10-6-4-8-20(22)21-9-5-7-11-23(21)24/h4-13,15,18,24-25H,14,16-17H2,1-3H3,(H,30,33)(H,31,32). The molecule has 0 fully saturated rings. The average Bonchev–Trinajstić information content (AvgIpc) is 3.19. The van der Waals surface area contributed by atoms with E-state index in [2.05, 4.69) is 17.4 Å². The Hall–Kier alpha value is -4.00. The molecule has 0 heterocycles. The Balaban J connectivity index is 1.40. The molecular weight excluding hydrogens is 458 g/mol. The van der Waals surface area contributed by atoms with Gasteiger partial charge >= 0.3 is 12.1 Å². The third-order valence-electron chi connectivity index (χ3n) is 6.17. The largest absolute Gasteiger partial charge is 0.493 e. The number of methoxy groups -OCH3 is 1. The minimum atomic E-state index is -1.16. The van der Waals surface area contributed by atoms with Crippen LogP contribution in [0.25, 0.3) is 11.1 Å². The minimum Gasteiger partial charge on any atom is -0.493 e. The lowest BCUT2D eigenvalue weighted by molar-refractivity contribution is -0.139. The highest BCUT2D eigenvalue weighted by Crippen LogP contribution is 2.44. The molecular formula is C29H31NO6. The first-order chi connectivity index (χ1) is 17.4. The van der Waals surface area contributed by atoms with Crippen molar-refractivity contribution >= 4 is 12.1 Å². The first-order valence-electron chi connectivity index (χ1n) is 12.0. The van der Waals surface area contributed by atoms with Crippen LogP contribution in [0.3, 0.4) is 0 Å². The monoisotopic (exact) mass is 489 g/mol. The van der Waals surface area contributed by atoms with Crippen molar-refractivity contribution in [3.63, 3.8) is 0 Å². The van der Waals surface area contributed by atoms with Crippen LogP contribution in [-0.2, 0) is 16.0 Å². The van der Waals surface area contributed by atoms with Gasteiger partial charge in [0, 0.05) is 12.3 Å². The van der Waals surface area contributed by atoms with Gasteiger partial charge in [0.15, 0.2) is 11.5 Å². The summed E-state index contributed by atoms with van der Waals surface area (Å²) in [6.07, 6.45) is -0.700. The van der Waals surface area contributed by atoms with Crippen molar-refractivity contribution in [3.05, 3.63) is 83.4 Å². The van der Waals surface area contributed by atoms with Crippen LogP contribution < -0.4 is 14.8 Å². The molecule has 188 valence electrons. The highest BCUT2D eigenvalue weighted by Gasteiger charge is 2.30.